The molecule has 7 nitrogen and oxygen atoms in total. The molecule has 0 unspecified atom stereocenters. The Bertz CT molecular complexity index is 1680. The molecule has 0 radical (unpaired) electrons. The van der Waals surface area contributed by atoms with E-state index in [1.165, 1.54) is 0 Å². The summed E-state index contributed by atoms with van der Waals surface area (Å²) in [6, 6.07) is 31.0. The van der Waals surface area contributed by atoms with Crippen LogP contribution in [0, 0.1) is 0 Å². The van der Waals surface area contributed by atoms with E-state index >= 15 is 0 Å². The van der Waals surface area contributed by atoms with Crippen molar-refractivity contribution in [3.63, 3.8) is 0 Å². The Labute approximate surface area is 252 Å². The predicted molar refractivity (Wildman–Crippen MR) is 172 cm³/mol. The van der Waals surface area contributed by atoms with Gasteiger partial charge in [-0.2, -0.15) is 0 Å². The third-order valence-electron chi connectivity index (χ3n) is 7.67. The molecule has 0 saturated heterocycles. The Morgan fingerprint density at radius 2 is 1.60 bits per heavy atom. The van der Waals surface area contributed by atoms with E-state index in [1.807, 2.05) is 83.9 Å². The molecule has 0 bridgehead atoms. The van der Waals surface area contributed by atoms with E-state index in [-0.39, 0.29) is 17.6 Å². The van der Waals surface area contributed by atoms with Gasteiger partial charge in [0.25, 0.3) is 5.91 Å². The Hall–Kier alpha value is -4.88. The molecule has 0 atom stereocenters. The number of nitrogens with two attached hydrogens (primary N) is 1. The topological polar surface area (TPSA) is 111 Å². The van der Waals surface area contributed by atoms with Gasteiger partial charge < -0.3 is 26.0 Å². The number of hydrogen-bond donors (Lipinski definition) is 4. The number of carbonyl (C=O) groups is 2. The average molecular weight is 575 g/mol. The summed E-state index contributed by atoms with van der Waals surface area (Å²) in [5.74, 6) is 0.197. The van der Waals surface area contributed by atoms with Gasteiger partial charge in [-0.1, -0.05) is 60.7 Å². The molecule has 0 fully saturated rings. The number of aromatic amines is 1. The summed E-state index contributed by atoms with van der Waals surface area (Å²) >= 11 is 0. The van der Waals surface area contributed by atoms with E-state index in [9.17, 15) is 14.7 Å². The lowest BCUT2D eigenvalue weighted by atomic mass is 10.0. The monoisotopic (exact) mass is 574 g/mol. The first-order valence-corrected chi connectivity index (χ1v) is 14.8. The molecule has 7 heteroatoms. The Balaban J connectivity index is 1.32. The van der Waals surface area contributed by atoms with E-state index in [0.29, 0.717) is 51.0 Å². The van der Waals surface area contributed by atoms with Crippen LogP contribution >= 0.6 is 0 Å². The van der Waals surface area contributed by atoms with E-state index in [4.69, 9.17) is 5.73 Å². The summed E-state index contributed by atoms with van der Waals surface area (Å²) in [4.78, 5) is 31.5. The SMILES string of the molecule is NCCCNC(=O)c1cccc(-c2cccc(CN(CCc3ccc(O)cc3)C(=O)CCc3c[nH]c4ccccc34)c2)c1. The first kappa shape index (κ1) is 29.6. The number of fused-ring (bicyclic) bond motifs is 1. The van der Waals surface area contributed by atoms with Gasteiger partial charge in [0, 0.05) is 48.7 Å². The molecule has 220 valence electrons. The smallest absolute Gasteiger partial charge is 0.251 e. The number of phenolic OH excluding ortho intramolecular Hbond substituents is 1. The summed E-state index contributed by atoms with van der Waals surface area (Å²) in [5.41, 5.74) is 12.4. The van der Waals surface area contributed by atoms with Crippen LogP contribution in [0.5, 0.6) is 5.75 Å². The number of hydrogen-bond acceptors (Lipinski definition) is 4. The fraction of sp³-hybridized carbons (Fsp3) is 0.222. The fourth-order valence-corrected chi connectivity index (χ4v) is 5.27. The number of aromatic hydroxyl groups is 1. The van der Waals surface area contributed by atoms with Gasteiger partial charge in [-0.25, -0.2) is 0 Å². The highest BCUT2D eigenvalue weighted by molar-refractivity contribution is 5.95. The third-order valence-corrected chi connectivity index (χ3v) is 7.67. The molecule has 0 aliphatic heterocycles. The standard InChI is InChI=1S/C36H38N4O3/c37-19-5-20-38-36(43)30-9-4-8-29(23-30)28-7-3-6-27(22-28)25-40(21-18-26-12-15-32(41)16-13-26)35(42)17-14-31-24-39-34-11-2-1-10-33(31)34/h1-4,6-13,15-16,22-24,39,41H,5,14,17-21,25,37H2,(H,38,43). The molecule has 1 heterocycles. The van der Waals surface area contributed by atoms with Crippen molar-refractivity contribution in [2.75, 3.05) is 19.6 Å². The van der Waals surface area contributed by atoms with Gasteiger partial charge in [-0.05, 0) is 90.0 Å². The third kappa shape index (κ3) is 7.90. The van der Waals surface area contributed by atoms with Crippen LogP contribution in [0.1, 0.15) is 39.9 Å². The van der Waals surface area contributed by atoms with Crippen LogP contribution in [-0.4, -0.2) is 46.4 Å². The van der Waals surface area contributed by atoms with Gasteiger partial charge in [0.05, 0.1) is 0 Å². The number of benzene rings is 4. The predicted octanol–water partition coefficient (Wildman–Crippen LogP) is 5.82. The van der Waals surface area contributed by atoms with Crippen LogP contribution in [0.4, 0.5) is 0 Å². The van der Waals surface area contributed by atoms with Crippen molar-refractivity contribution in [3.05, 3.63) is 126 Å². The van der Waals surface area contributed by atoms with Crippen LogP contribution in [0.3, 0.4) is 0 Å². The number of para-hydroxylation sites is 1. The van der Waals surface area contributed by atoms with Crippen molar-refractivity contribution in [3.8, 4) is 16.9 Å². The number of amides is 2. The Kier molecular flexibility index (Phi) is 9.87. The van der Waals surface area contributed by atoms with Crippen molar-refractivity contribution in [2.24, 2.45) is 5.73 Å². The minimum atomic E-state index is -0.118. The molecule has 0 aliphatic carbocycles. The number of aryl methyl sites for hydroxylation is 1. The number of rotatable bonds is 13. The van der Waals surface area contributed by atoms with Gasteiger partial charge in [0.1, 0.15) is 5.75 Å². The van der Waals surface area contributed by atoms with Gasteiger partial charge in [0.15, 0.2) is 0 Å². The maximum atomic E-state index is 13.7. The molecular formula is C36H38N4O3. The number of H-pyrrole nitrogens is 1. The molecule has 0 spiro atoms. The van der Waals surface area contributed by atoms with Gasteiger partial charge in [-0.15, -0.1) is 0 Å². The summed E-state index contributed by atoms with van der Waals surface area (Å²) in [6.45, 7) is 2.10. The molecule has 2 amide bonds. The highest BCUT2D eigenvalue weighted by Gasteiger charge is 2.16. The van der Waals surface area contributed by atoms with Crippen molar-refractivity contribution in [1.82, 2.24) is 15.2 Å². The molecule has 1 aromatic heterocycles. The summed E-state index contributed by atoms with van der Waals surface area (Å²) < 4.78 is 0. The number of nitrogens with zero attached hydrogens (tertiary/aromatic N) is 1. The van der Waals surface area contributed by atoms with Crippen LogP contribution in [0.2, 0.25) is 0 Å². The molecular weight excluding hydrogens is 536 g/mol. The van der Waals surface area contributed by atoms with Gasteiger partial charge >= 0.3 is 0 Å². The van der Waals surface area contributed by atoms with Crippen molar-refractivity contribution < 1.29 is 14.7 Å². The zero-order valence-electron chi connectivity index (χ0n) is 24.3. The average Bonchev–Trinajstić information content (AvgIpc) is 3.46. The molecule has 5 aromatic rings. The minimum Gasteiger partial charge on any atom is -0.508 e. The van der Waals surface area contributed by atoms with Crippen LogP contribution < -0.4 is 11.1 Å². The number of nitrogens with one attached hydrogen (secondary N) is 2. The highest BCUT2D eigenvalue weighted by atomic mass is 16.3. The number of carbonyl (C=O) groups excluding carboxylic acids is 2. The van der Waals surface area contributed by atoms with Crippen molar-refractivity contribution >= 4 is 22.7 Å². The normalized spacial score (nSPS) is 11.0. The van der Waals surface area contributed by atoms with Crippen molar-refractivity contribution in [2.45, 2.75) is 32.2 Å². The molecule has 0 aliphatic rings. The Morgan fingerprint density at radius 1 is 0.837 bits per heavy atom. The molecule has 5 rings (SSSR count). The largest absolute Gasteiger partial charge is 0.508 e. The first-order chi connectivity index (χ1) is 21.0. The maximum Gasteiger partial charge on any atom is 0.251 e. The fourth-order valence-electron chi connectivity index (χ4n) is 5.27. The lowest BCUT2D eigenvalue weighted by Gasteiger charge is -2.23. The quantitative estimate of drug-likeness (QED) is 0.133. The summed E-state index contributed by atoms with van der Waals surface area (Å²) in [6.07, 6.45) is 4.46. The number of phenols is 1. The van der Waals surface area contributed by atoms with Crippen LogP contribution in [0.15, 0.2) is 103 Å². The minimum absolute atomic E-state index is 0.0885. The molecule has 5 N–H and O–H groups in total. The molecule has 0 saturated carbocycles. The second kappa shape index (κ2) is 14.3. The van der Waals surface area contributed by atoms with E-state index in [1.54, 1.807) is 12.1 Å². The summed E-state index contributed by atoms with van der Waals surface area (Å²) in [7, 11) is 0. The lowest BCUT2D eigenvalue weighted by molar-refractivity contribution is -0.131. The van der Waals surface area contributed by atoms with Crippen LogP contribution in [-0.2, 0) is 24.2 Å². The second-order valence-corrected chi connectivity index (χ2v) is 10.8. The Morgan fingerprint density at radius 3 is 2.42 bits per heavy atom. The second-order valence-electron chi connectivity index (χ2n) is 10.8. The zero-order chi connectivity index (χ0) is 30.0. The molecule has 43 heavy (non-hydrogen) atoms. The number of aromatic nitrogens is 1. The first-order valence-electron chi connectivity index (χ1n) is 14.8. The zero-order valence-corrected chi connectivity index (χ0v) is 24.3. The van der Waals surface area contributed by atoms with Crippen LogP contribution in [0.25, 0.3) is 22.0 Å². The van der Waals surface area contributed by atoms with E-state index in [2.05, 4.69) is 22.4 Å². The maximum absolute atomic E-state index is 13.7. The van der Waals surface area contributed by atoms with Gasteiger partial charge in [0.2, 0.25) is 5.91 Å². The summed E-state index contributed by atoms with van der Waals surface area (Å²) in [5, 5.41) is 13.7. The highest BCUT2D eigenvalue weighted by Crippen LogP contribution is 2.24. The lowest BCUT2D eigenvalue weighted by Crippen LogP contribution is -2.32. The van der Waals surface area contributed by atoms with E-state index in [0.717, 1.165) is 45.1 Å². The van der Waals surface area contributed by atoms with Crippen molar-refractivity contribution in [1.29, 1.82) is 0 Å². The van der Waals surface area contributed by atoms with Gasteiger partial charge in [-0.3, -0.25) is 9.59 Å². The van der Waals surface area contributed by atoms with E-state index < -0.39 is 0 Å². The molecule has 4 aromatic carbocycles.